The Kier molecular flexibility index (Phi) is 4.44. The SMILES string of the molecule is CC(Cl)C(=O)Nc1nnc(Cc2ccc(F)cc2)s1. The maximum Gasteiger partial charge on any atom is 0.243 e. The van der Waals surface area contributed by atoms with E-state index in [1.165, 1.54) is 23.5 Å². The summed E-state index contributed by atoms with van der Waals surface area (Å²) in [5.74, 6) is -0.587. The van der Waals surface area contributed by atoms with Crippen LogP contribution >= 0.6 is 22.9 Å². The second kappa shape index (κ2) is 6.08. The van der Waals surface area contributed by atoms with E-state index in [2.05, 4.69) is 15.5 Å². The third-order valence-electron chi connectivity index (χ3n) is 2.33. The molecule has 1 heterocycles. The summed E-state index contributed by atoms with van der Waals surface area (Å²) in [6.45, 7) is 1.58. The van der Waals surface area contributed by atoms with Crippen LogP contribution in [0.4, 0.5) is 9.52 Å². The van der Waals surface area contributed by atoms with Crippen LogP contribution in [-0.2, 0) is 11.2 Å². The van der Waals surface area contributed by atoms with E-state index in [0.29, 0.717) is 11.6 Å². The van der Waals surface area contributed by atoms with E-state index in [4.69, 9.17) is 11.6 Å². The molecule has 1 aromatic carbocycles. The summed E-state index contributed by atoms with van der Waals surface area (Å²) in [5, 5.41) is 10.9. The van der Waals surface area contributed by atoms with Crippen LogP contribution in [0.3, 0.4) is 0 Å². The Hall–Kier alpha value is -1.53. The van der Waals surface area contributed by atoms with E-state index in [1.807, 2.05) is 0 Å². The quantitative estimate of drug-likeness (QED) is 0.883. The standard InChI is InChI=1S/C12H11ClFN3OS/c1-7(13)11(18)15-12-17-16-10(19-12)6-8-2-4-9(14)5-3-8/h2-5,7H,6H2,1H3,(H,15,17,18). The molecule has 19 heavy (non-hydrogen) atoms. The molecule has 0 radical (unpaired) electrons. The van der Waals surface area contributed by atoms with Crippen LogP contribution in [-0.4, -0.2) is 21.5 Å². The van der Waals surface area contributed by atoms with Crippen LogP contribution in [0.2, 0.25) is 0 Å². The average molecular weight is 300 g/mol. The second-order valence-corrected chi connectivity index (χ2v) is 5.63. The molecule has 2 rings (SSSR count). The van der Waals surface area contributed by atoms with Crippen molar-refractivity contribution in [1.82, 2.24) is 10.2 Å². The minimum Gasteiger partial charge on any atom is -0.299 e. The van der Waals surface area contributed by atoms with E-state index in [9.17, 15) is 9.18 Å². The molecule has 1 aromatic heterocycles. The van der Waals surface area contributed by atoms with Crippen molar-refractivity contribution in [1.29, 1.82) is 0 Å². The Balaban J connectivity index is 2.01. The number of benzene rings is 1. The predicted molar refractivity (Wildman–Crippen MR) is 73.1 cm³/mol. The highest BCUT2D eigenvalue weighted by Crippen LogP contribution is 2.19. The number of hydrogen-bond acceptors (Lipinski definition) is 4. The molecule has 4 nitrogen and oxygen atoms in total. The zero-order valence-corrected chi connectivity index (χ0v) is 11.6. The topological polar surface area (TPSA) is 54.9 Å². The first-order valence-electron chi connectivity index (χ1n) is 5.56. The molecule has 2 aromatic rings. The summed E-state index contributed by atoms with van der Waals surface area (Å²) in [5.41, 5.74) is 0.932. The molecule has 0 aliphatic carbocycles. The highest BCUT2D eigenvalue weighted by molar-refractivity contribution is 7.15. The monoisotopic (exact) mass is 299 g/mol. The largest absolute Gasteiger partial charge is 0.299 e. The lowest BCUT2D eigenvalue weighted by Gasteiger charge is -2.00. The molecule has 0 bridgehead atoms. The summed E-state index contributed by atoms with van der Waals surface area (Å²) in [7, 11) is 0. The van der Waals surface area contributed by atoms with Crippen LogP contribution in [0.15, 0.2) is 24.3 Å². The number of nitrogens with zero attached hydrogens (tertiary/aromatic N) is 2. The minimum absolute atomic E-state index is 0.273. The molecule has 0 aliphatic rings. The van der Waals surface area contributed by atoms with Crippen molar-refractivity contribution >= 4 is 34.0 Å². The molecule has 0 fully saturated rings. The first kappa shape index (κ1) is 13.9. The van der Waals surface area contributed by atoms with Gasteiger partial charge in [-0.1, -0.05) is 23.5 Å². The molecule has 0 spiro atoms. The summed E-state index contributed by atoms with van der Waals surface area (Å²) in [4.78, 5) is 11.4. The zero-order valence-electron chi connectivity index (χ0n) is 10.1. The van der Waals surface area contributed by atoms with Crippen molar-refractivity contribution in [3.8, 4) is 0 Å². The fourth-order valence-corrected chi connectivity index (χ4v) is 2.19. The van der Waals surface area contributed by atoms with Gasteiger partial charge in [-0.05, 0) is 24.6 Å². The molecule has 1 unspecified atom stereocenters. The van der Waals surface area contributed by atoms with Crippen molar-refractivity contribution in [2.45, 2.75) is 18.7 Å². The molecule has 1 amide bonds. The van der Waals surface area contributed by atoms with Crippen molar-refractivity contribution in [2.24, 2.45) is 0 Å². The van der Waals surface area contributed by atoms with E-state index in [1.54, 1.807) is 19.1 Å². The Morgan fingerprint density at radius 3 is 2.74 bits per heavy atom. The van der Waals surface area contributed by atoms with Crippen LogP contribution in [0, 0.1) is 5.82 Å². The number of hydrogen-bond donors (Lipinski definition) is 1. The number of halogens is 2. The van der Waals surface area contributed by atoms with Crippen molar-refractivity contribution in [3.05, 3.63) is 40.7 Å². The van der Waals surface area contributed by atoms with E-state index in [-0.39, 0.29) is 11.7 Å². The molecule has 0 saturated heterocycles. The first-order valence-corrected chi connectivity index (χ1v) is 6.81. The van der Waals surface area contributed by atoms with Crippen molar-refractivity contribution < 1.29 is 9.18 Å². The van der Waals surface area contributed by atoms with Crippen LogP contribution < -0.4 is 5.32 Å². The van der Waals surface area contributed by atoms with Gasteiger partial charge in [0.1, 0.15) is 16.2 Å². The molecule has 100 valence electrons. The van der Waals surface area contributed by atoms with Crippen LogP contribution in [0.25, 0.3) is 0 Å². The van der Waals surface area contributed by atoms with Crippen LogP contribution in [0.5, 0.6) is 0 Å². The molecule has 1 N–H and O–H groups in total. The summed E-state index contributed by atoms with van der Waals surface area (Å²) in [6, 6.07) is 6.17. The van der Waals surface area contributed by atoms with Gasteiger partial charge in [-0.25, -0.2) is 4.39 Å². The second-order valence-electron chi connectivity index (χ2n) is 3.91. The number of rotatable bonds is 4. The fourth-order valence-electron chi connectivity index (χ4n) is 1.36. The predicted octanol–water partition coefficient (Wildman–Crippen LogP) is 2.83. The summed E-state index contributed by atoms with van der Waals surface area (Å²) >= 11 is 6.91. The third kappa shape index (κ3) is 3.97. The lowest BCUT2D eigenvalue weighted by molar-refractivity contribution is -0.115. The smallest absolute Gasteiger partial charge is 0.243 e. The van der Waals surface area contributed by atoms with E-state index in [0.717, 1.165) is 10.6 Å². The first-order chi connectivity index (χ1) is 9.04. The van der Waals surface area contributed by atoms with E-state index < -0.39 is 5.38 Å². The maximum atomic E-state index is 12.8. The zero-order chi connectivity index (χ0) is 13.8. The lowest BCUT2D eigenvalue weighted by Crippen LogP contribution is -2.20. The normalized spacial score (nSPS) is 12.2. The van der Waals surface area contributed by atoms with Gasteiger partial charge in [0.05, 0.1) is 0 Å². The highest BCUT2D eigenvalue weighted by Gasteiger charge is 2.12. The summed E-state index contributed by atoms with van der Waals surface area (Å²) in [6.07, 6.45) is 0.546. The summed E-state index contributed by atoms with van der Waals surface area (Å²) < 4.78 is 12.8. The number of aromatic nitrogens is 2. The van der Waals surface area contributed by atoms with Crippen LogP contribution in [0.1, 0.15) is 17.5 Å². The third-order valence-corrected chi connectivity index (χ3v) is 3.36. The maximum absolute atomic E-state index is 12.8. The number of carbonyl (C=O) groups is 1. The van der Waals surface area contributed by atoms with Gasteiger partial charge in [0.2, 0.25) is 11.0 Å². The van der Waals surface area contributed by atoms with Gasteiger partial charge in [0.25, 0.3) is 0 Å². The molecular weight excluding hydrogens is 289 g/mol. The minimum atomic E-state index is -0.621. The molecule has 0 saturated carbocycles. The number of carbonyl (C=O) groups excluding carboxylic acids is 1. The van der Waals surface area contributed by atoms with Crippen molar-refractivity contribution in [3.63, 3.8) is 0 Å². The van der Waals surface area contributed by atoms with Gasteiger partial charge >= 0.3 is 0 Å². The number of amides is 1. The van der Waals surface area contributed by atoms with Gasteiger partial charge in [-0.2, -0.15) is 0 Å². The van der Waals surface area contributed by atoms with Gasteiger partial charge in [0.15, 0.2) is 0 Å². The number of nitrogens with one attached hydrogen (secondary N) is 1. The van der Waals surface area contributed by atoms with Gasteiger partial charge in [-0.15, -0.1) is 21.8 Å². The fraction of sp³-hybridized carbons (Fsp3) is 0.250. The molecule has 0 aliphatic heterocycles. The van der Waals surface area contributed by atoms with Gasteiger partial charge < -0.3 is 0 Å². The number of alkyl halides is 1. The Bertz CT molecular complexity index is 571. The molecule has 1 atom stereocenters. The Morgan fingerprint density at radius 1 is 1.42 bits per heavy atom. The van der Waals surface area contributed by atoms with E-state index >= 15 is 0 Å². The Morgan fingerprint density at radius 2 is 2.11 bits per heavy atom. The lowest BCUT2D eigenvalue weighted by atomic mass is 10.2. The number of anilines is 1. The Labute approximate surface area is 118 Å². The molecule has 7 heteroatoms. The highest BCUT2D eigenvalue weighted by atomic mass is 35.5. The molecular formula is C12H11ClFN3OS. The van der Waals surface area contributed by atoms with Crippen molar-refractivity contribution in [2.75, 3.05) is 5.32 Å². The van der Waals surface area contributed by atoms with Gasteiger partial charge in [0, 0.05) is 6.42 Å². The average Bonchev–Trinajstić information content (AvgIpc) is 2.79. The van der Waals surface area contributed by atoms with Gasteiger partial charge in [-0.3, -0.25) is 10.1 Å².